The predicted molar refractivity (Wildman–Crippen MR) is 107 cm³/mol. The highest BCUT2D eigenvalue weighted by atomic mass is 16.5. The van der Waals surface area contributed by atoms with Gasteiger partial charge in [-0.2, -0.15) is 0 Å². The molecule has 6 nitrogen and oxygen atoms in total. The summed E-state index contributed by atoms with van der Waals surface area (Å²) in [6, 6.07) is 7.38. The average Bonchev–Trinajstić information content (AvgIpc) is 2.98. The lowest BCUT2D eigenvalue weighted by Crippen LogP contribution is -2.29. The first kappa shape index (κ1) is 19.0. The lowest BCUT2D eigenvalue weighted by Gasteiger charge is -2.21. The van der Waals surface area contributed by atoms with E-state index in [0.717, 1.165) is 38.4 Å². The van der Waals surface area contributed by atoms with E-state index >= 15 is 0 Å². The van der Waals surface area contributed by atoms with Crippen molar-refractivity contribution in [2.24, 2.45) is 0 Å². The molecule has 1 saturated heterocycles. The first-order valence-corrected chi connectivity index (χ1v) is 9.11. The van der Waals surface area contributed by atoms with Crippen molar-refractivity contribution in [1.82, 2.24) is 15.3 Å². The topological polar surface area (TPSA) is 67.3 Å². The molecule has 0 radical (unpaired) electrons. The molecule has 0 bridgehead atoms. The summed E-state index contributed by atoms with van der Waals surface area (Å²) in [7, 11) is 1.59. The minimum Gasteiger partial charge on any atom is -0.372 e. The molecule has 0 aliphatic carbocycles. The van der Waals surface area contributed by atoms with Gasteiger partial charge in [-0.3, -0.25) is 9.78 Å². The number of aryl methyl sites for hydroxylation is 1. The lowest BCUT2D eigenvalue weighted by atomic mass is 10.0. The van der Waals surface area contributed by atoms with Gasteiger partial charge in [-0.1, -0.05) is 17.9 Å². The molecule has 3 heterocycles. The number of pyridine rings is 2. The van der Waals surface area contributed by atoms with Crippen molar-refractivity contribution in [3.63, 3.8) is 0 Å². The van der Waals surface area contributed by atoms with Crippen LogP contribution in [0, 0.1) is 18.8 Å². The number of ketones is 1. The van der Waals surface area contributed by atoms with Crippen LogP contribution < -0.4 is 10.2 Å². The van der Waals surface area contributed by atoms with Gasteiger partial charge in [-0.25, -0.2) is 4.98 Å². The Labute approximate surface area is 161 Å². The van der Waals surface area contributed by atoms with Crippen molar-refractivity contribution in [2.75, 3.05) is 44.8 Å². The number of rotatable bonds is 4. The Morgan fingerprint density at radius 1 is 1.37 bits per heavy atom. The maximum atomic E-state index is 13.0. The van der Waals surface area contributed by atoms with Crippen LogP contribution >= 0.6 is 0 Å². The molecular formula is C21H26N4O2. The van der Waals surface area contributed by atoms with Crippen molar-refractivity contribution in [3.8, 4) is 11.8 Å². The highest BCUT2D eigenvalue weighted by Gasteiger charge is 2.17. The fourth-order valence-electron chi connectivity index (χ4n) is 2.98. The fourth-order valence-corrected chi connectivity index (χ4v) is 2.98. The minimum absolute atomic E-state index is 0. The van der Waals surface area contributed by atoms with Gasteiger partial charge in [0, 0.05) is 51.2 Å². The Bertz CT molecular complexity index is 868. The molecule has 0 atom stereocenters. The molecule has 2 aromatic heterocycles. The van der Waals surface area contributed by atoms with Crippen LogP contribution in [0.5, 0.6) is 0 Å². The summed E-state index contributed by atoms with van der Waals surface area (Å²) in [6.07, 6.45) is 2.73. The zero-order valence-corrected chi connectivity index (χ0v) is 15.8. The molecule has 0 saturated carbocycles. The van der Waals surface area contributed by atoms with Crippen LogP contribution in [-0.4, -0.2) is 55.6 Å². The molecule has 1 aliphatic rings. The van der Waals surface area contributed by atoms with Gasteiger partial charge in [0.05, 0.1) is 0 Å². The molecule has 0 unspecified atom stereocenters. The summed E-state index contributed by atoms with van der Waals surface area (Å²) < 4.78 is 4.93. The molecule has 0 spiro atoms. The monoisotopic (exact) mass is 366 g/mol. The molecule has 27 heavy (non-hydrogen) atoms. The highest BCUT2D eigenvalue weighted by Crippen LogP contribution is 2.17. The van der Waals surface area contributed by atoms with Gasteiger partial charge in [0.2, 0.25) is 5.78 Å². The van der Waals surface area contributed by atoms with E-state index in [1.807, 2.05) is 19.1 Å². The van der Waals surface area contributed by atoms with Crippen LogP contribution in [0.25, 0.3) is 0 Å². The molecule has 2 aromatic rings. The zero-order valence-electron chi connectivity index (χ0n) is 15.8. The van der Waals surface area contributed by atoms with E-state index in [4.69, 9.17) is 4.74 Å². The van der Waals surface area contributed by atoms with Gasteiger partial charge in [-0.05, 0) is 38.1 Å². The number of methoxy groups -OCH3 is 1. The number of anilines is 1. The SMILES string of the molecule is COCC#Cc1cnc(C)c(C(=O)c2cccc(N3CCCNCC3)n2)c1.[HH]. The Hall–Kier alpha value is -2.75. The molecule has 1 N–H and O–H groups in total. The summed E-state index contributed by atoms with van der Waals surface area (Å²) in [6.45, 7) is 5.91. The zero-order chi connectivity index (χ0) is 19.1. The van der Waals surface area contributed by atoms with Crippen molar-refractivity contribution in [2.45, 2.75) is 13.3 Å². The summed E-state index contributed by atoms with van der Waals surface area (Å²) in [5.74, 6) is 6.55. The third-order valence-corrected chi connectivity index (χ3v) is 4.41. The van der Waals surface area contributed by atoms with Gasteiger partial charge in [0.15, 0.2) is 0 Å². The van der Waals surface area contributed by atoms with Gasteiger partial charge in [0.25, 0.3) is 0 Å². The predicted octanol–water partition coefficient (Wildman–Crippen LogP) is 2.06. The van der Waals surface area contributed by atoms with E-state index in [0.29, 0.717) is 29.1 Å². The van der Waals surface area contributed by atoms with E-state index in [-0.39, 0.29) is 7.21 Å². The van der Waals surface area contributed by atoms with Crippen LogP contribution in [-0.2, 0) is 4.74 Å². The Balaban J connectivity index is 0.00000280. The molecule has 0 aromatic carbocycles. The molecular weight excluding hydrogens is 340 g/mol. The van der Waals surface area contributed by atoms with Gasteiger partial charge < -0.3 is 15.0 Å². The number of nitrogens with one attached hydrogen (secondary N) is 1. The van der Waals surface area contributed by atoms with Crippen LogP contribution in [0.15, 0.2) is 30.5 Å². The van der Waals surface area contributed by atoms with Crippen LogP contribution in [0.1, 0.15) is 35.2 Å². The van der Waals surface area contributed by atoms with Crippen molar-refractivity contribution in [3.05, 3.63) is 53.0 Å². The molecule has 3 rings (SSSR count). The van der Waals surface area contributed by atoms with E-state index in [9.17, 15) is 4.79 Å². The van der Waals surface area contributed by atoms with E-state index in [2.05, 4.69) is 32.0 Å². The summed E-state index contributed by atoms with van der Waals surface area (Å²) in [4.78, 5) is 24.2. The Morgan fingerprint density at radius 2 is 2.26 bits per heavy atom. The van der Waals surface area contributed by atoms with Crippen LogP contribution in [0.4, 0.5) is 5.82 Å². The van der Waals surface area contributed by atoms with Crippen molar-refractivity contribution in [1.29, 1.82) is 0 Å². The summed E-state index contributed by atoms with van der Waals surface area (Å²) in [5, 5.41) is 3.38. The molecule has 0 amide bonds. The second-order valence-corrected chi connectivity index (χ2v) is 6.39. The summed E-state index contributed by atoms with van der Waals surface area (Å²) in [5.41, 5.74) is 2.32. The van der Waals surface area contributed by atoms with E-state index in [1.165, 1.54) is 0 Å². The first-order valence-electron chi connectivity index (χ1n) is 9.11. The summed E-state index contributed by atoms with van der Waals surface area (Å²) >= 11 is 0. The van der Waals surface area contributed by atoms with Crippen molar-refractivity contribution >= 4 is 11.6 Å². The van der Waals surface area contributed by atoms with Crippen molar-refractivity contribution < 1.29 is 11.0 Å². The number of nitrogens with zero attached hydrogens (tertiary/aromatic N) is 3. The Kier molecular flexibility index (Phi) is 6.53. The fraction of sp³-hybridized carbons (Fsp3) is 0.381. The third kappa shape index (κ3) is 4.91. The normalized spacial score (nSPS) is 14.2. The van der Waals surface area contributed by atoms with Crippen LogP contribution in [0.3, 0.4) is 0 Å². The quantitative estimate of drug-likeness (QED) is 0.660. The number of carbonyl (C=O) groups is 1. The van der Waals surface area contributed by atoms with Gasteiger partial charge >= 0.3 is 0 Å². The van der Waals surface area contributed by atoms with Crippen LogP contribution in [0.2, 0.25) is 0 Å². The standard InChI is InChI=1S/C21H24N4O2.H2/c1-16-18(14-17(15-23-16)6-4-13-27-2)21(26)19-7-3-8-20(24-19)25-11-5-9-22-10-12-25;/h3,7-8,14-15,22H,5,9-13H2,1-2H3;1H. The second kappa shape index (κ2) is 9.26. The molecule has 142 valence electrons. The highest BCUT2D eigenvalue weighted by molar-refractivity contribution is 6.08. The molecule has 1 aliphatic heterocycles. The first-order chi connectivity index (χ1) is 13.2. The molecule has 6 heteroatoms. The second-order valence-electron chi connectivity index (χ2n) is 6.39. The maximum absolute atomic E-state index is 13.0. The smallest absolute Gasteiger partial charge is 0.213 e. The lowest BCUT2D eigenvalue weighted by molar-refractivity contribution is 0.103. The molecule has 1 fully saturated rings. The number of hydrogen-bond donors (Lipinski definition) is 1. The minimum atomic E-state index is -0.134. The Morgan fingerprint density at radius 3 is 3.11 bits per heavy atom. The third-order valence-electron chi connectivity index (χ3n) is 4.41. The number of hydrogen-bond acceptors (Lipinski definition) is 6. The van der Waals surface area contributed by atoms with E-state index < -0.39 is 0 Å². The number of ether oxygens (including phenoxy) is 1. The average molecular weight is 366 g/mol. The van der Waals surface area contributed by atoms with Gasteiger partial charge in [0.1, 0.15) is 18.1 Å². The van der Waals surface area contributed by atoms with Gasteiger partial charge in [-0.15, -0.1) is 0 Å². The van der Waals surface area contributed by atoms with E-state index in [1.54, 1.807) is 25.4 Å². The number of carbonyl (C=O) groups excluding carboxylic acids is 1. The maximum Gasteiger partial charge on any atom is 0.213 e. The number of aromatic nitrogens is 2. The largest absolute Gasteiger partial charge is 0.372 e.